The van der Waals surface area contributed by atoms with Crippen LogP contribution in [0.3, 0.4) is 0 Å². The summed E-state index contributed by atoms with van der Waals surface area (Å²) in [6.07, 6.45) is 3.12. The zero-order chi connectivity index (χ0) is 17.9. The molecule has 25 heavy (non-hydrogen) atoms. The van der Waals surface area contributed by atoms with E-state index in [1.165, 1.54) is 0 Å². The first-order valence-corrected chi connectivity index (χ1v) is 8.72. The molecule has 130 valence electrons. The number of hydrogen-bond donors (Lipinski definition) is 2. The molecule has 1 amide bonds. The Hall–Kier alpha value is -2.33. The molecule has 0 atom stereocenters. The number of carboxylic acid groups (broad SMARTS) is 1. The van der Waals surface area contributed by atoms with E-state index in [0.717, 1.165) is 24.0 Å². The minimum atomic E-state index is -0.935. The molecule has 0 radical (unpaired) electrons. The van der Waals surface area contributed by atoms with E-state index in [1.54, 1.807) is 24.3 Å². The standard InChI is InChI=1S/C20H20ClNO3/c21-17-4-2-1-3-16(17)13-20(10-11-20)19(25)22-12-9-14-5-7-15(8-6-14)18(23)24/h1-8H,9-13H2,(H,22,25)(H,23,24). The lowest BCUT2D eigenvalue weighted by atomic mass is 9.95. The summed E-state index contributed by atoms with van der Waals surface area (Å²) in [7, 11) is 0. The van der Waals surface area contributed by atoms with Crippen molar-refractivity contribution in [1.29, 1.82) is 0 Å². The molecular weight excluding hydrogens is 338 g/mol. The van der Waals surface area contributed by atoms with Crippen LogP contribution in [0.5, 0.6) is 0 Å². The predicted octanol–water partition coefficient (Wildman–Crippen LogP) is 3.72. The topological polar surface area (TPSA) is 66.4 Å². The van der Waals surface area contributed by atoms with Gasteiger partial charge in [0.25, 0.3) is 0 Å². The Kier molecular flexibility index (Phi) is 5.09. The fraction of sp³-hybridized carbons (Fsp3) is 0.300. The maximum atomic E-state index is 12.5. The number of halogens is 1. The number of aromatic carboxylic acids is 1. The van der Waals surface area contributed by atoms with Crippen LogP contribution in [0.1, 0.15) is 34.3 Å². The molecule has 1 saturated carbocycles. The summed E-state index contributed by atoms with van der Waals surface area (Å²) in [5.41, 5.74) is 1.96. The first kappa shape index (κ1) is 17.5. The lowest BCUT2D eigenvalue weighted by molar-refractivity contribution is -0.126. The van der Waals surface area contributed by atoms with Gasteiger partial charge in [-0.15, -0.1) is 0 Å². The molecule has 1 fully saturated rings. The molecule has 0 aliphatic heterocycles. The van der Waals surface area contributed by atoms with Gasteiger partial charge >= 0.3 is 5.97 Å². The van der Waals surface area contributed by atoms with Gasteiger partial charge in [-0.25, -0.2) is 4.79 Å². The number of rotatable bonds is 7. The van der Waals surface area contributed by atoms with Crippen molar-refractivity contribution in [1.82, 2.24) is 5.32 Å². The van der Waals surface area contributed by atoms with E-state index >= 15 is 0 Å². The largest absolute Gasteiger partial charge is 0.478 e. The number of nitrogens with one attached hydrogen (secondary N) is 1. The van der Waals surface area contributed by atoms with E-state index < -0.39 is 5.97 Å². The number of carbonyl (C=O) groups excluding carboxylic acids is 1. The first-order chi connectivity index (χ1) is 12.0. The Morgan fingerprint density at radius 2 is 1.76 bits per heavy atom. The third-order valence-electron chi connectivity index (χ3n) is 4.72. The Balaban J connectivity index is 1.52. The van der Waals surface area contributed by atoms with Crippen LogP contribution in [0.4, 0.5) is 0 Å². The number of amides is 1. The van der Waals surface area contributed by atoms with E-state index in [0.29, 0.717) is 24.4 Å². The third kappa shape index (κ3) is 4.20. The molecule has 2 aromatic carbocycles. The number of carbonyl (C=O) groups is 2. The smallest absolute Gasteiger partial charge is 0.335 e. The van der Waals surface area contributed by atoms with Crippen molar-refractivity contribution in [3.63, 3.8) is 0 Å². The highest BCUT2D eigenvalue weighted by Crippen LogP contribution is 2.49. The lowest BCUT2D eigenvalue weighted by Gasteiger charge is -2.16. The molecule has 1 aliphatic carbocycles. The van der Waals surface area contributed by atoms with Gasteiger partial charge in [0.05, 0.1) is 11.0 Å². The molecule has 0 saturated heterocycles. The second kappa shape index (κ2) is 7.28. The van der Waals surface area contributed by atoms with Crippen molar-refractivity contribution in [3.8, 4) is 0 Å². The molecule has 2 aromatic rings. The average molecular weight is 358 g/mol. The predicted molar refractivity (Wildman–Crippen MR) is 96.9 cm³/mol. The Morgan fingerprint density at radius 1 is 1.08 bits per heavy atom. The summed E-state index contributed by atoms with van der Waals surface area (Å²) in [4.78, 5) is 23.4. The van der Waals surface area contributed by atoms with Gasteiger partial charge in [0.15, 0.2) is 0 Å². The summed E-state index contributed by atoms with van der Waals surface area (Å²) in [5.74, 6) is -0.857. The zero-order valence-electron chi connectivity index (χ0n) is 13.8. The number of benzene rings is 2. The van der Waals surface area contributed by atoms with Crippen molar-refractivity contribution in [2.45, 2.75) is 25.7 Å². The molecule has 2 N–H and O–H groups in total. The Labute approximate surface area is 151 Å². The van der Waals surface area contributed by atoms with Crippen molar-refractivity contribution in [2.75, 3.05) is 6.54 Å². The molecular formula is C20H20ClNO3. The van der Waals surface area contributed by atoms with E-state index in [4.69, 9.17) is 16.7 Å². The number of hydrogen-bond acceptors (Lipinski definition) is 2. The second-order valence-corrected chi connectivity index (χ2v) is 6.96. The minimum Gasteiger partial charge on any atom is -0.478 e. The van der Waals surface area contributed by atoms with E-state index in [-0.39, 0.29) is 16.9 Å². The van der Waals surface area contributed by atoms with Crippen LogP contribution in [0.25, 0.3) is 0 Å². The van der Waals surface area contributed by atoms with E-state index in [1.807, 2.05) is 24.3 Å². The highest BCUT2D eigenvalue weighted by molar-refractivity contribution is 6.31. The van der Waals surface area contributed by atoms with Gasteiger partial charge in [-0.1, -0.05) is 41.9 Å². The molecule has 0 heterocycles. The van der Waals surface area contributed by atoms with Crippen LogP contribution in [-0.4, -0.2) is 23.5 Å². The minimum absolute atomic E-state index is 0.0783. The lowest BCUT2D eigenvalue weighted by Crippen LogP contribution is -2.34. The van der Waals surface area contributed by atoms with Crippen LogP contribution in [0.2, 0.25) is 5.02 Å². The molecule has 4 nitrogen and oxygen atoms in total. The van der Waals surface area contributed by atoms with Crippen LogP contribution in [-0.2, 0) is 17.6 Å². The summed E-state index contributed by atoms with van der Waals surface area (Å²) in [6, 6.07) is 14.4. The molecule has 0 aromatic heterocycles. The van der Waals surface area contributed by atoms with Crippen LogP contribution >= 0.6 is 11.6 Å². The van der Waals surface area contributed by atoms with Gasteiger partial charge in [0.1, 0.15) is 0 Å². The highest BCUT2D eigenvalue weighted by atomic mass is 35.5. The fourth-order valence-electron chi connectivity index (χ4n) is 2.96. The maximum Gasteiger partial charge on any atom is 0.335 e. The van der Waals surface area contributed by atoms with Gasteiger partial charge in [-0.05, 0) is 55.0 Å². The zero-order valence-corrected chi connectivity index (χ0v) is 14.6. The summed E-state index contributed by atoms with van der Waals surface area (Å²) >= 11 is 6.21. The van der Waals surface area contributed by atoms with Crippen molar-refractivity contribution < 1.29 is 14.7 Å². The molecule has 0 bridgehead atoms. The van der Waals surface area contributed by atoms with E-state index in [2.05, 4.69) is 5.32 Å². The van der Waals surface area contributed by atoms with Crippen molar-refractivity contribution in [2.24, 2.45) is 5.41 Å². The van der Waals surface area contributed by atoms with E-state index in [9.17, 15) is 9.59 Å². The molecule has 0 unspecified atom stereocenters. The average Bonchev–Trinajstić information content (AvgIpc) is 3.38. The molecule has 0 spiro atoms. The fourth-order valence-corrected chi connectivity index (χ4v) is 3.17. The SMILES string of the molecule is O=C(O)c1ccc(CCNC(=O)C2(Cc3ccccc3Cl)CC2)cc1. The Bertz CT molecular complexity index is 782. The van der Waals surface area contributed by atoms with Gasteiger partial charge in [0.2, 0.25) is 5.91 Å². The maximum absolute atomic E-state index is 12.5. The monoisotopic (exact) mass is 357 g/mol. The molecule has 3 rings (SSSR count). The summed E-state index contributed by atoms with van der Waals surface area (Å²) < 4.78 is 0. The summed E-state index contributed by atoms with van der Waals surface area (Å²) in [5, 5.41) is 12.6. The van der Waals surface area contributed by atoms with Crippen LogP contribution < -0.4 is 5.32 Å². The second-order valence-electron chi connectivity index (χ2n) is 6.56. The molecule has 5 heteroatoms. The van der Waals surface area contributed by atoms with Crippen molar-refractivity contribution in [3.05, 3.63) is 70.2 Å². The van der Waals surface area contributed by atoms with Gasteiger partial charge in [0, 0.05) is 11.6 Å². The third-order valence-corrected chi connectivity index (χ3v) is 5.09. The Morgan fingerprint density at radius 3 is 2.36 bits per heavy atom. The number of carboxylic acids is 1. The van der Waals surface area contributed by atoms with Crippen LogP contribution in [0.15, 0.2) is 48.5 Å². The molecule has 1 aliphatic rings. The normalized spacial score (nSPS) is 14.8. The first-order valence-electron chi connectivity index (χ1n) is 8.34. The van der Waals surface area contributed by atoms with Crippen LogP contribution in [0, 0.1) is 5.41 Å². The van der Waals surface area contributed by atoms with Gasteiger partial charge in [-0.3, -0.25) is 4.79 Å². The van der Waals surface area contributed by atoms with Crippen molar-refractivity contribution >= 4 is 23.5 Å². The van der Waals surface area contributed by atoms with Gasteiger partial charge in [-0.2, -0.15) is 0 Å². The summed E-state index contributed by atoms with van der Waals surface area (Å²) in [6.45, 7) is 0.537. The quantitative estimate of drug-likeness (QED) is 0.793. The van der Waals surface area contributed by atoms with Gasteiger partial charge < -0.3 is 10.4 Å². The highest BCUT2D eigenvalue weighted by Gasteiger charge is 2.49.